The summed E-state index contributed by atoms with van der Waals surface area (Å²) < 4.78 is 25.3. The highest BCUT2D eigenvalue weighted by Crippen LogP contribution is 2.47. The second-order valence-corrected chi connectivity index (χ2v) is 10.6. The van der Waals surface area contributed by atoms with Crippen LogP contribution in [0, 0.1) is 23.2 Å². The van der Waals surface area contributed by atoms with E-state index in [1.807, 2.05) is 6.92 Å². The molecule has 0 N–H and O–H groups in total. The van der Waals surface area contributed by atoms with E-state index < -0.39 is 11.6 Å². The Balaban J connectivity index is 1.91. The molecule has 0 saturated heterocycles. The fourth-order valence-electron chi connectivity index (χ4n) is 4.29. The van der Waals surface area contributed by atoms with E-state index in [0.717, 1.165) is 55.1 Å². The van der Waals surface area contributed by atoms with Crippen LogP contribution < -0.4 is 0 Å². The fraction of sp³-hybridized carbons (Fsp3) is 0.846. The molecule has 0 aromatic rings. The Morgan fingerprint density at radius 3 is 2.00 bits per heavy atom. The molecular weight excluding hydrogens is 376 g/mol. The molecule has 0 spiro atoms. The lowest BCUT2D eigenvalue weighted by Gasteiger charge is -2.39. The van der Waals surface area contributed by atoms with Crippen molar-refractivity contribution in [2.75, 3.05) is 0 Å². The summed E-state index contributed by atoms with van der Waals surface area (Å²) in [5, 5.41) is 0. The van der Waals surface area contributed by atoms with Gasteiger partial charge >= 0.3 is 0 Å². The largest absolute Gasteiger partial charge is 0.453 e. The molecule has 3 unspecified atom stereocenters. The lowest BCUT2D eigenvalue weighted by atomic mass is 9.81. The quantitative estimate of drug-likeness (QED) is 0.358. The summed E-state index contributed by atoms with van der Waals surface area (Å²) in [4.78, 5) is 0. The fourth-order valence-corrected chi connectivity index (χ4v) is 4.29. The average Bonchev–Trinajstić information content (AvgIpc) is 3.19. The van der Waals surface area contributed by atoms with E-state index in [1.54, 1.807) is 0 Å². The first kappa shape index (κ1) is 24.9. The molecule has 4 atom stereocenters. The lowest BCUT2D eigenvalue weighted by molar-refractivity contribution is -0.214. The third kappa shape index (κ3) is 4.78. The lowest BCUT2D eigenvalue weighted by Crippen LogP contribution is -2.43. The van der Waals surface area contributed by atoms with Gasteiger partial charge in [-0.25, -0.2) is 0 Å². The van der Waals surface area contributed by atoms with Crippen LogP contribution in [0.5, 0.6) is 0 Å². The summed E-state index contributed by atoms with van der Waals surface area (Å²) in [7, 11) is 0. The first-order valence-electron chi connectivity index (χ1n) is 12.0. The van der Waals surface area contributed by atoms with Gasteiger partial charge in [0.15, 0.2) is 0 Å². The second kappa shape index (κ2) is 9.04. The van der Waals surface area contributed by atoms with Crippen molar-refractivity contribution in [2.45, 2.75) is 120 Å². The molecular formula is C26H46O4. The van der Waals surface area contributed by atoms with E-state index in [9.17, 15) is 0 Å². The van der Waals surface area contributed by atoms with Gasteiger partial charge in [-0.1, -0.05) is 61.8 Å². The summed E-state index contributed by atoms with van der Waals surface area (Å²) in [5.41, 5.74) is -0.0475. The van der Waals surface area contributed by atoms with Crippen molar-refractivity contribution in [2.24, 2.45) is 23.2 Å². The maximum atomic E-state index is 6.43. The standard InChI is InChI=1S/C26H46O4/c1-12-21-22(17(3)4)29-25(10,28-21)19(6)16-14-15-18(5)23-20(7)27-26(11,30-23)24(8,9)13-2/h17-19H,12-16H2,1-11H3/t18?,19?,25?,26-/m0/s1. The number of rotatable bonds is 10. The van der Waals surface area contributed by atoms with Gasteiger partial charge in [-0.2, -0.15) is 0 Å². The summed E-state index contributed by atoms with van der Waals surface area (Å²) in [6, 6.07) is 0. The topological polar surface area (TPSA) is 36.9 Å². The van der Waals surface area contributed by atoms with Gasteiger partial charge in [0.05, 0.1) is 0 Å². The third-order valence-electron chi connectivity index (χ3n) is 7.49. The van der Waals surface area contributed by atoms with Gasteiger partial charge in [-0.15, -0.1) is 0 Å². The monoisotopic (exact) mass is 422 g/mol. The van der Waals surface area contributed by atoms with Gasteiger partial charge in [-0.3, -0.25) is 0 Å². The highest BCUT2D eigenvalue weighted by Gasteiger charge is 2.50. The third-order valence-corrected chi connectivity index (χ3v) is 7.49. The zero-order chi connectivity index (χ0) is 22.9. The Labute approximate surface area is 185 Å². The molecule has 2 heterocycles. The molecule has 2 aliphatic rings. The Bertz CT molecular complexity index is 675. The van der Waals surface area contributed by atoms with Crippen LogP contribution in [-0.4, -0.2) is 11.6 Å². The van der Waals surface area contributed by atoms with Crippen LogP contribution in [0.25, 0.3) is 0 Å². The van der Waals surface area contributed by atoms with Crippen LogP contribution in [0.2, 0.25) is 0 Å². The molecule has 2 aliphatic heterocycles. The first-order chi connectivity index (χ1) is 13.8. The number of allylic oxidation sites excluding steroid dienone is 4. The van der Waals surface area contributed by atoms with Crippen LogP contribution in [0.1, 0.15) is 108 Å². The Morgan fingerprint density at radius 2 is 1.50 bits per heavy atom. The predicted molar refractivity (Wildman–Crippen MR) is 122 cm³/mol. The molecule has 0 aliphatic carbocycles. The van der Waals surface area contributed by atoms with Crippen LogP contribution >= 0.6 is 0 Å². The molecule has 2 rings (SSSR count). The molecule has 0 radical (unpaired) electrons. The van der Waals surface area contributed by atoms with E-state index in [2.05, 4.69) is 69.2 Å². The van der Waals surface area contributed by atoms with Crippen LogP contribution in [0.3, 0.4) is 0 Å². The zero-order valence-electron chi connectivity index (χ0n) is 21.4. The molecule has 0 aromatic carbocycles. The second-order valence-electron chi connectivity index (χ2n) is 10.6. The van der Waals surface area contributed by atoms with Crippen molar-refractivity contribution in [1.82, 2.24) is 0 Å². The maximum Gasteiger partial charge on any atom is 0.252 e. The summed E-state index contributed by atoms with van der Waals surface area (Å²) in [6.45, 7) is 23.8. The molecule has 0 saturated carbocycles. The van der Waals surface area contributed by atoms with Gasteiger partial charge < -0.3 is 18.9 Å². The van der Waals surface area contributed by atoms with E-state index in [0.29, 0.717) is 17.8 Å². The Kier molecular flexibility index (Phi) is 7.52. The minimum atomic E-state index is -0.586. The summed E-state index contributed by atoms with van der Waals surface area (Å²) >= 11 is 0. The average molecular weight is 423 g/mol. The first-order valence-corrected chi connectivity index (χ1v) is 12.0. The molecule has 0 bridgehead atoms. The van der Waals surface area contributed by atoms with Crippen molar-refractivity contribution >= 4 is 0 Å². The van der Waals surface area contributed by atoms with E-state index in [-0.39, 0.29) is 5.41 Å². The summed E-state index contributed by atoms with van der Waals surface area (Å²) in [6.07, 6.45) is 5.08. The maximum absolute atomic E-state index is 6.43. The van der Waals surface area contributed by atoms with Crippen LogP contribution in [-0.2, 0) is 18.9 Å². The zero-order valence-corrected chi connectivity index (χ0v) is 21.4. The van der Waals surface area contributed by atoms with Gasteiger partial charge in [0.1, 0.15) is 23.0 Å². The molecule has 4 heteroatoms. The molecule has 174 valence electrons. The number of hydrogen-bond donors (Lipinski definition) is 0. The molecule has 30 heavy (non-hydrogen) atoms. The van der Waals surface area contributed by atoms with Crippen LogP contribution in [0.15, 0.2) is 23.0 Å². The summed E-state index contributed by atoms with van der Waals surface area (Å²) in [5.74, 6) is 3.85. The van der Waals surface area contributed by atoms with E-state index >= 15 is 0 Å². The molecule has 0 amide bonds. The number of ether oxygens (including phenoxy) is 4. The van der Waals surface area contributed by atoms with Crippen molar-refractivity contribution in [3.8, 4) is 0 Å². The molecule has 0 aromatic heterocycles. The van der Waals surface area contributed by atoms with Crippen molar-refractivity contribution in [3.05, 3.63) is 23.0 Å². The SMILES string of the molecule is CCC1=C(C(C)C)OC(C)(C(C)CCCC(C)C2=C(C)O[C@](C)(C(C)(C)CC)O2)O1. The smallest absolute Gasteiger partial charge is 0.252 e. The normalized spacial score (nSPS) is 28.9. The van der Waals surface area contributed by atoms with Crippen molar-refractivity contribution < 1.29 is 18.9 Å². The Hall–Kier alpha value is -1.32. The highest BCUT2D eigenvalue weighted by molar-refractivity contribution is 5.12. The molecule has 0 fully saturated rings. The molecule has 4 nitrogen and oxygen atoms in total. The van der Waals surface area contributed by atoms with Gasteiger partial charge in [-0.05, 0) is 26.2 Å². The van der Waals surface area contributed by atoms with E-state index in [4.69, 9.17) is 18.9 Å². The predicted octanol–water partition coefficient (Wildman–Crippen LogP) is 7.90. The van der Waals surface area contributed by atoms with Gasteiger partial charge in [0.25, 0.3) is 5.79 Å². The van der Waals surface area contributed by atoms with Gasteiger partial charge in [0.2, 0.25) is 5.79 Å². The Morgan fingerprint density at radius 1 is 0.867 bits per heavy atom. The minimum Gasteiger partial charge on any atom is -0.453 e. The van der Waals surface area contributed by atoms with Crippen LogP contribution in [0.4, 0.5) is 0 Å². The highest BCUT2D eigenvalue weighted by atomic mass is 16.7. The van der Waals surface area contributed by atoms with E-state index in [1.165, 1.54) is 0 Å². The van der Waals surface area contributed by atoms with Crippen molar-refractivity contribution in [1.29, 1.82) is 0 Å². The minimum absolute atomic E-state index is 0.0475. The number of hydrogen-bond acceptors (Lipinski definition) is 4. The van der Waals surface area contributed by atoms with Crippen molar-refractivity contribution in [3.63, 3.8) is 0 Å². The van der Waals surface area contributed by atoms with Gasteiger partial charge in [0, 0.05) is 43.4 Å².